The summed E-state index contributed by atoms with van der Waals surface area (Å²) >= 11 is 0. The third-order valence-electron chi connectivity index (χ3n) is 2.35. The molecule has 0 aliphatic carbocycles. The SMILES string of the molecule is O=C(NNC(=O)c1ccccc1O)c1ccc(=O)[nH]n1. The van der Waals surface area contributed by atoms with E-state index in [1.165, 1.54) is 18.2 Å². The molecule has 8 nitrogen and oxygen atoms in total. The molecule has 0 atom stereocenters. The number of nitrogens with one attached hydrogen (secondary N) is 3. The maximum atomic E-state index is 11.7. The molecule has 20 heavy (non-hydrogen) atoms. The second-order valence-electron chi connectivity index (χ2n) is 3.73. The molecule has 0 saturated carbocycles. The van der Waals surface area contributed by atoms with Crippen LogP contribution >= 0.6 is 0 Å². The van der Waals surface area contributed by atoms with Gasteiger partial charge >= 0.3 is 0 Å². The smallest absolute Gasteiger partial charge is 0.290 e. The van der Waals surface area contributed by atoms with Crippen LogP contribution in [0.2, 0.25) is 0 Å². The summed E-state index contributed by atoms with van der Waals surface area (Å²) < 4.78 is 0. The van der Waals surface area contributed by atoms with Gasteiger partial charge in [0.1, 0.15) is 5.75 Å². The van der Waals surface area contributed by atoms with Crippen LogP contribution < -0.4 is 16.4 Å². The number of hydrogen-bond donors (Lipinski definition) is 4. The Morgan fingerprint density at radius 1 is 1.05 bits per heavy atom. The van der Waals surface area contributed by atoms with Crippen LogP contribution in [0.15, 0.2) is 41.2 Å². The molecule has 0 spiro atoms. The van der Waals surface area contributed by atoms with Crippen molar-refractivity contribution in [3.63, 3.8) is 0 Å². The van der Waals surface area contributed by atoms with Crippen molar-refractivity contribution in [1.82, 2.24) is 21.0 Å². The van der Waals surface area contributed by atoms with E-state index in [9.17, 15) is 19.5 Å². The molecule has 1 aromatic heterocycles. The molecule has 0 radical (unpaired) electrons. The molecular formula is C12H10N4O4. The van der Waals surface area contributed by atoms with Gasteiger partial charge in [-0.3, -0.25) is 25.2 Å². The van der Waals surface area contributed by atoms with Crippen molar-refractivity contribution in [3.05, 3.63) is 58.0 Å². The Balaban J connectivity index is 2.00. The quantitative estimate of drug-likeness (QED) is 0.552. The highest BCUT2D eigenvalue weighted by atomic mass is 16.3. The second-order valence-corrected chi connectivity index (χ2v) is 3.73. The highest BCUT2D eigenvalue weighted by Gasteiger charge is 2.12. The summed E-state index contributed by atoms with van der Waals surface area (Å²) in [6, 6.07) is 8.22. The molecule has 4 N–H and O–H groups in total. The Morgan fingerprint density at radius 2 is 1.75 bits per heavy atom. The maximum absolute atomic E-state index is 11.7. The fourth-order valence-electron chi connectivity index (χ4n) is 1.38. The van der Waals surface area contributed by atoms with Crippen molar-refractivity contribution in [2.45, 2.75) is 0 Å². The summed E-state index contributed by atoms with van der Waals surface area (Å²) in [5.41, 5.74) is 3.74. The van der Waals surface area contributed by atoms with E-state index in [0.717, 1.165) is 6.07 Å². The number of phenols is 1. The van der Waals surface area contributed by atoms with Gasteiger partial charge in [-0.05, 0) is 18.2 Å². The summed E-state index contributed by atoms with van der Waals surface area (Å²) in [6.07, 6.45) is 0. The molecule has 2 amide bonds. The van der Waals surface area contributed by atoms with Crippen LogP contribution in [0.1, 0.15) is 20.8 Å². The molecule has 0 aliphatic rings. The van der Waals surface area contributed by atoms with Gasteiger partial charge in [-0.15, -0.1) is 0 Å². The highest BCUT2D eigenvalue weighted by molar-refractivity contribution is 5.99. The number of aromatic amines is 1. The van der Waals surface area contributed by atoms with Crippen LogP contribution in [0.4, 0.5) is 0 Å². The van der Waals surface area contributed by atoms with E-state index in [0.29, 0.717) is 0 Å². The topological polar surface area (TPSA) is 124 Å². The van der Waals surface area contributed by atoms with E-state index >= 15 is 0 Å². The molecule has 2 rings (SSSR count). The number of phenolic OH excluding ortho intramolecular Hbond substituents is 1. The van der Waals surface area contributed by atoms with Crippen molar-refractivity contribution in [2.24, 2.45) is 0 Å². The molecule has 1 heterocycles. The van der Waals surface area contributed by atoms with Crippen LogP contribution in [0.5, 0.6) is 5.75 Å². The van der Waals surface area contributed by atoms with Gasteiger partial charge in [0, 0.05) is 6.07 Å². The average molecular weight is 274 g/mol. The van der Waals surface area contributed by atoms with Gasteiger partial charge in [0.25, 0.3) is 17.4 Å². The number of para-hydroxylation sites is 1. The molecule has 102 valence electrons. The zero-order chi connectivity index (χ0) is 14.5. The Hall–Kier alpha value is -3.16. The van der Waals surface area contributed by atoms with Crippen LogP contribution in [0, 0.1) is 0 Å². The molecule has 0 aliphatic heterocycles. The molecular weight excluding hydrogens is 264 g/mol. The van der Waals surface area contributed by atoms with Crippen LogP contribution in [-0.4, -0.2) is 27.1 Å². The summed E-state index contributed by atoms with van der Waals surface area (Å²) in [5, 5.41) is 15.1. The first-order chi connectivity index (χ1) is 9.58. The number of amides is 2. The lowest BCUT2D eigenvalue weighted by Crippen LogP contribution is -2.42. The third kappa shape index (κ3) is 2.99. The number of carbonyl (C=O) groups excluding carboxylic acids is 2. The van der Waals surface area contributed by atoms with Crippen molar-refractivity contribution < 1.29 is 14.7 Å². The molecule has 0 fully saturated rings. The van der Waals surface area contributed by atoms with Crippen molar-refractivity contribution in [3.8, 4) is 5.75 Å². The minimum absolute atomic E-state index is 0.0160. The minimum Gasteiger partial charge on any atom is -0.507 e. The number of rotatable bonds is 2. The highest BCUT2D eigenvalue weighted by Crippen LogP contribution is 2.14. The lowest BCUT2D eigenvalue weighted by Gasteiger charge is -2.07. The first kappa shape index (κ1) is 13.3. The Labute approximate surface area is 112 Å². The van der Waals surface area contributed by atoms with Crippen molar-refractivity contribution in [2.75, 3.05) is 0 Å². The summed E-state index contributed by atoms with van der Waals surface area (Å²) in [4.78, 5) is 34.1. The van der Waals surface area contributed by atoms with Gasteiger partial charge in [-0.25, -0.2) is 5.10 Å². The first-order valence-electron chi connectivity index (χ1n) is 5.52. The van der Waals surface area contributed by atoms with E-state index in [1.807, 2.05) is 0 Å². The molecule has 2 aromatic rings. The van der Waals surface area contributed by atoms with Gasteiger partial charge in [-0.2, -0.15) is 5.10 Å². The average Bonchev–Trinajstić information content (AvgIpc) is 2.45. The molecule has 0 unspecified atom stereocenters. The number of carbonyl (C=O) groups is 2. The number of hydrogen-bond acceptors (Lipinski definition) is 5. The number of H-pyrrole nitrogens is 1. The molecule has 0 bridgehead atoms. The number of nitrogens with zero attached hydrogens (tertiary/aromatic N) is 1. The fraction of sp³-hybridized carbons (Fsp3) is 0. The first-order valence-corrected chi connectivity index (χ1v) is 5.52. The third-order valence-corrected chi connectivity index (χ3v) is 2.35. The van der Waals surface area contributed by atoms with Crippen molar-refractivity contribution in [1.29, 1.82) is 0 Å². The Bertz CT molecular complexity index is 690. The predicted molar refractivity (Wildman–Crippen MR) is 67.9 cm³/mol. The monoisotopic (exact) mass is 274 g/mol. The lowest BCUT2D eigenvalue weighted by atomic mass is 10.2. The second kappa shape index (κ2) is 5.65. The number of benzene rings is 1. The molecule has 8 heteroatoms. The lowest BCUT2D eigenvalue weighted by molar-refractivity contribution is 0.0841. The van der Waals surface area contributed by atoms with E-state index in [2.05, 4.69) is 21.0 Å². The predicted octanol–water partition coefficient (Wildman–Crippen LogP) is -0.450. The minimum atomic E-state index is -0.704. The number of aromatic hydroxyl groups is 1. The summed E-state index contributed by atoms with van der Waals surface area (Å²) in [7, 11) is 0. The summed E-state index contributed by atoms with van der Waals surface area (Å²) in [6.45, 7) is 0. The van der Waals surface area contributed by atoms with Gasteiger partial charge in [0.05, 0.1) is 5.56 Å². The maximum Gasteiger partial charge on any atom is 0.290 e. The summed E-state index contributed by atoms with van der Waals surface area (Å²) in [5.74, 6) is -1.59. The van der Waals surface area contributed by atoms with E-state index in [-0.39, 0.29) is 17.0 Å². The van der Waals surface area contributed by atoms with E-state index in [4.69, 9.17) is 0 Å². The standard InChI is InChI=1S/C12H10N4O4/c17-9-4-2-1-3-7(9)11(19)15-16-12(20)8-5-6-10(18)14-13-8/h1-6,17H,(H,14,18)(H,15,19)(H,16,20). The van der Waals surface area contributed by atoms with Gasteiger partial charge in [0.2, 0.25) is 0 Å². The van der Waals surface area contributed by atoms with Crippen molar-refractivity contribution >= 4 is 11.8 Å². The van der Waals surface area contributed by atoms with Crippen LogP contribution in [0.25, 0.3) is 0 Å². The normalized spacial score (nSPS) is 9.80. The molecule has 0 saturated heterocycles. The fourth-order valence-corrected chi connectivity index (χ4v) is 1.38. The Kier molecular flexibility index (Phi) is 3.75. The molecule has 1 aromatic carbocycles. The van der Waals surface area contributed by atoms with E-state index in [1.54, 1.807) is 12.1 Å². The van der Waals surface area contributed by atoms with Crippen LogP contribution in [0.3, 0.4) is 0 Å². The van der Waals surface area contributed by atoms with E-state index < -0.39 is 17.4 Å². The van der Waals surface area contributed by atoms with Gasteiger partial charge < -0.3 is 5.11 Å². The number of aromatic nitrogens is 2. The Morgan fingerprint density at radius 3 is 2.40 bits per heavy atom. The zero-order valence-electron chi connectivity index (χ0n) is 10.1. The number of hydrazine groups is 1. The van der Waals surface area contributed by atoms with Crippen LogP contribution in [-0.2, 0) is 0 Å². The van der Waals surface area contributed by atoms with Gasteiger partial charge in [0.15, 0.2) is 5.69 Å². The zero-order valence-corrected chi connectivity index (χ0v) is 10.1. The van der Waals surface area contributed by atoms with Gasteiger partial charge in [-0.1, -0.05) is 12.1 Å². The largest absolute Gasteiger partial charge is 0.507 e.